The van der Waals surface area contributed by atoms with Gasteiger partial charge in [0.05, 0.1) is 19.8 Å². The third-order valence-electron chi connectivity index (χ3n) is 3.91. The van der Waals surface area contributed by atoms with Gasteiger partial charge < -0.3 is 0 Å². The Morgan fingerprint density at radius 3 is 1.43 bits per heavy atom. The molecule has 0 rings (SSSR count). The van der Waals surface area contributed by atoms with Crippen molar-refractivity contribution < 1.29 is 18.1 Å². The van der Waals surface area contributed by atoms with Gasteiger partial charge in [-0.2, -0.15) is 0 Å². The molecule has 0 amide bonds. The van der Waals surface area contributed by atoms with Crippen LogP contribution in [0.15, 0.2) is 0 Å². The molecule has 0 aromatic rings. The molecule has 0 saturated heterocycles. The molecule has 3 unspecified atom stereocenters. The van der Waals surface area contributed by atoms with Gasteiger partial charge in [-0.15, -0.1) is 0 Å². The third-order valence-corrected chi connectivity index (χ3v) is 5.30. The molecule has 23 heavy (non-hydrogen) atoms. The molecule has 0 bridgehead atoms. The molecule has 0 saturated carbocycles. The van der Waals surface area contributed by atoms with Gasteiger partial charge in [-0.3, -0.25) is 13.6 Å². The van der Waals surface area contributed by atoms with Gasteiger partial charge in [0, 0.05) is 0 Å². The predicted octanol–water partition coefficient (Wildman–Crippen LogP) is 6.31. The Kier molecular flexibility index (Phi) is 10.9. The first-order chi connectivity index (χ1) is 10.5. The van der Waals surface area contributed by atoms with Gasteiger partial charge in [0.15, 0.2) is 0 Å². The van der Waals surface area contributed by atoms with Gasteiger partial charge in [0.2, 0.25) is 0 Å². The van der Waals surface area contributed by atoms with E-state index in [4.69, 9.17) is 13.6 Å². The van der Waals surface area contributed by atoms with Gasteiger partial charge in [0.25, 0.3) is 0 Å². The summed E-state index contributed by atoms with van der Waals surface area (Å²) in [5.41, 5.74) is 0.224. The first-order valence-corrected chi connectivity index (χ1v) is 10.5. The van der Waals surface area contributed by atoms with Gasteiger partial charge >= 0.3 is 7.82 Å². The first-order valence-electron chi connectivity index (χ1n) is 9.05. The zero-order valence-corrected chi connectivity index (χ0v) is 17.4. The molecule has 0 aromatic carbocycles. The Bertz CT molecular complexity index is 333. The lowest BCUT2D eigenvalue weighted by atomic mass is 9.86. The molecular formula is C18H39O4P. The van der Waals surface area contributed by atoms with Crippen molar-refractivity contribution in [2.75, 3.05) is 19.8 Å². The van der Waals surface area contributed by atoms with E-state index in [0.29, 0.717) is 37.6 Å². The van der Waals surface area contributed by atoms with E-state index < -0.39 is 7.82 Å². The molecule has 0 radical (unpaired) electrons. The van der Waals surface area contributed by atoms with E-state index in [1.54, 1.807) is 0 Å². The Morgan fingerprint density at radius 1 is 0.783 bits per heavy atom. The van der Waals surface area contributed by atoms with E-state index in [1.807, 2.05) is 0 Å². The van der Waals surface area contributed by atoms with Crippen LogP contribution in [0.1, 0.15) is 74.7 Å². The summed E-state index contributed by atoms with van der Waals surface area (Å²) in [7, 11) is -3.47. The van der Waals surface area contributed by atoms with E-state index >= 15 is 0 Å². The molecule has 0 aliphatic carbocycles. The highest BCUT2D eigenvalue weighted by Gasteiger charge is 2.29. The maximum Gasteiger partial charge on any atom is 0.474 e. The van der Waals surface area contributed by atoms with Crippen molar-refractivity contribution in [2.24, 2.45) is 23.2 Å². The highest BCUT2D eigenvalue weighted by molar-refractivity contribution is 7.48. The number of rotatable bonds is 12. The molecule has 0 aliphatic heterocycles. The van der Waals surface area contributed by atoms with E-state index in [0.717, 1.165) is 19.3 Å². The smallest absolute Gasteiger partial charge is 0.287 e. The molecule has 0 aromatic heterocycles. The topological polar surface area (TPSA) is 44.8 Å². The molecule has 4 nitrogen and oxygen atoms in total. The van der Waals surface area contributed by atoms with Crippen LogP contribution in [-0.2, 0) is 18.1 Å². The Hall–Kier alpha value is 0.110. The van der Waals surface area contributed by atoms with Crippen LogP contribution in [0.3, 0.4) is 0 Å². The van der Waals surface area contributed by atoms with Crippen LogP contribution in [0.5, 0.6) is 0 Å². The molecule has 0 spiro atoms. The van der Waals surface area contributed by atoms with Crippen molar-refractivity contribution in [1.82, 2.24) is 0 Å². The fraction of sp³-hybridized carbons (Fsp3) is 1.00. The predicted molar refractivity (Wildman–Crippen MR) is 97.6 cm³/mol. The van der Waals surface area contributed by atoms with Crippen molar-refractivity contribution >= 4 is 7.82 Å². The van der Waals surface area contributed by atoms with Crippen molar-refractivity contribution in [2.45, 2.75) is 74.7 Å². The SMILES string of the molecule is CCC(C)COP(=O)(OCC(C)CC)OCC(C)CC(C)(C)C. The molecule has 3 atom stereocenters. The minimum atomic E-state index is -3.47. The fourth-order valence-electron chi connectivity index (χ4n) is 2.11. The lowest BCUT2D eigenvalue weighted by molar-refractivity contribution is 0.0774. The zero-order valence-electron chi connectivity index (χ0n) is 16.6. The summed E-state index contributed by atoms with van der Waals surface area (Å²) in [4.78, 5) is 0. The van der Waals surface area contributed by atoms with Gasteiger partial charge in [-0.05, 0) is 29.6 Å². The average molecular weight is 350 g/mol. The number of hydrogen-bond donors (Lipinski definition) is 0. The van der Waals surface area contributed by atoms with Crippen LogP contribution < -0.4 is 0 Å². The summed E-state index contributed by atoms with van der Waals surface area (Å²) >= 11 is 0. The Morgan fingerprint density at radius 2 is 1.13 bits per heavy atom. The van der Waals surface area contributed by atoms with Crippen LogP contribution >= 0.6 is 7.82 Å². The largest absolute Gasteiger partial charge is 0.474 e. The molecule has 0 N–H and O–H groups in total. The van der Waals surface area contributed by atoms with Crippen LogP contribution in [-0.4, -0.2) is 19.8 Å². The Balaban J connectivity index is 4.60. The minimum Gasteiger partial charge on any atom is -0.287 e. The number of hydrogen-bond acceptors (Lipinski definition) is 4. The fourth-order valence-corrected chi connectivity index (χ4v) is 3.64. The minimum absolute atomic E-state index is 0.224. The first kappa shape index (κ1) is 23.1. The van der Waals surface area contributed by atoms with Crippen molar-refractivity contribution in [3.05, 3.63) is 0 Å². The molecular weight excluding hydrogens is 311 g/mol. The third kappa shape index (κ3) is 12.2. The quantitative estimate of drug-likeness (QED) is 0.387. The van der Waals surface area contributed by atoms with Crippen LogP contribution in [0.4, 0.5) is 0 Å². The van der Waals surface area contributed by atoms with Crippen molar-refractivity contribution in [3.63, 3.8) is 0 Å². The highest BCUT2D eigenvalue weighted by atomic mass is 31.2. The summed E-state index contributed by atoms with van der Waals surface area (Å²) in [5, 5.41) is 0. The second-order valence-electron chi connectivity index (χ2n) is 8.23. The standard InChI is InChI=1S/C18H39O4P/c1-9-15(3)12-20-23(19,21-13-16(4)10-2)22-14-17(5)11-18(6,7)8/h15-17H,9-14H2,1-8H3. The van der Waals surface area contributed by atoms with E-state index in [1.165, 1.54) is 0 Å². The number of phosphoric acid groups is 1. The maximum atomic E-state index is 12.9. The second-order valence-corrected chi connectivity index (χ2v) is 9.90. The van der Waals surface area contributed by atoms with E-state index in [9.17, 15) is 4.57 Å². The summed E-state index contributed by atoms with van der Waals surface area (Å²) in [6, 6.07) is 0. The summed E-state index contributed by atoms with van der Waals surface area (Å²) < 4.78 is 29.6. The van der Waals surface area contributed by atoms with Crippen molar-refractivity contribution in [1.29, 1.82) is 0 Å². The molecule has 0 aliphatic rings. The monoisotopic (exact) mass is 350 g/mol. The van der Waals surface area contributed by atoms with E-state index in [-0.39, 0.29) is 5.41 Å². The Labute approximate surface area is 144 Å². The van der Waals surface area contributed by atoms with Gasteiger partial charge in [-0.1, -0.05) is 68.2 Å². The highest BCUT2D eigenvalue weighted by Crippen LogP contribution is 2.51. The lowest BCUT2D eigenvalue weighted by Crippen LogP contribution is -2.17. The zero-order chi connectivity index (χ0) is 18.1. The summed E-state index contributed by atoms with van der Waals surface area (Å²) in [5.74, 6) is 0.986. The molecule has 140 valence electrons. The van der Waals surface area contributed by atoms with Crippen molar-refractivity contribution in [3.8, 4) is 0 Å². The van der Waals surface area contributed by atoms with Gasteiger partial charge in [0.1, 0.15) is 0 Å². The average Bonchev–Trinajstić information content (AvgIpc) is 2.46. The van der Waals surface area contributed by atoms with E-state index in [2.05, 4.69) is 55.4 Å². The second kappa shape index (κ2) is 10.9. The molecule has 5 heteroatoms. The summed E-state index contributed by atoms with van der Waals surface area (Å²) in [6.45, 7) is 18.2. The van der Waals surface area contributed by atoms with Crippen LogP contribution in [0.25, 0.3) is 0 Å². The normalized spacial score (nSPS) is 19.1. The van der Waals surface area contributed by atoms with Crippen LogP contribution in [0.2, 0.25) is 0 Å². The van der Waals surface area contributed by atoms with Crippen LogP contribution in [0, 0.1) is 23.2 Å². The number of phosphoric ester groups is 1. The molecule has 0 fully saturated rings. The summed E-state index contributed by atoms with van der Waals surface area (Å²) in [6.07, 6.45) is 2.96. The van der Waals surface area contributed by atoms with Gasteiger partial charge in [-0.25, -0.2) is 4.57 Å². The lowest BCUT2D eigenvalue weighted by Gasteiger charge is -2.26. The molecule has 0 heterocycles. The maximum absolute atomic E-state index is 12.9.